The average molecular weight is 285 g/mol. The van der Waals surface area contributed by atoms with Crippen LogP contribution in [-0.2, 0) is 0 Å². The van der Waals surface area contributed by atoms with Crippen LogP contribution in [0.4, 0.5) is 0 Å². The van der Waals surface area contributed by atoms with E-state index >= 15 is 0 Å². The van der Waals surface area contributed by atoms with E-state index in [4.69, 9.17) is 0 Å². The molecule has 0 aromatic rings. The Kier molecular flexibility index (Phi) is 10.8. The lowest BCUT2D eigenvalue weighted by Gasteiger charge is -2.33. The Bertz CT molecular complexity index is 241. The summed E-state index contributed by atoms with van der Waals surface area (Å²) < 4.78 is 0.818. The first-order valence-corrected chi connectivity index (χ1v) is 8.51. The minimum atomic E-state index is 0.818. The molecule has 0 atom stereocenters. The van der Waals surface area contributed by atoms with Crippen molar-refractivity contribution in [3.8, 4) is 0 Å². The predicted octanol–water partition coefficient (Wildman–Crippen LogP) is 4.14. The zero-order valence-electron chi connectivity index (χ0n) is 14.9. The molecule has 0 aromatic heterocycles. The van der Waals surface area contributed by atoms with Crippen LogP contribution in [0.25, 0.3) is 0 Å². The molecule has 0 rings (SSSR count). The molecular formula is C17H38N3+. The summed E-state index contributed by atoms with van der Waals surface area (Å²) in [5.74, 6) is 1.22. The quantitative estimate of drug-likeness (QED) is 0.255. The van der Waals surface area contributed by atoms with Gasteiger partial charge in [0.25, 0.3) is 5.96 Å². The molecule has 0 heterocycles. The van der Waals surface area contributed by atoms with Gasteiger partial charge in [0, 0.05) is 20.1 Å². The fourth-order valence-corrected chi connectivity index (χ4v) is 2.64. The lowest BCUT2D eigenvalue weighted by atomic mass is 10.1. The van der Waals surface area contributed by atoms with Crippen molar-refractivity contribution in [3.05, 3.63) is 0 Å². The van der Waals surface area contributed by atoms with E-state index in [1.807, 2.05) is 7.05 Å². The molecule has 3 nitrogen and oxygen atoms in total. The van der Waals surface area contributed by atoms with Gasteiger partial charge in [-0.3, -0.25) is 4.48 Å². The normalized spacial score (nSPS) is 12.8. The minimum absolute atomic E-state index is 0.818. The lowest BCUT2D eigenvalue weighted by Crippen LogP contribution is -2.52. The van der Waals surface area contributed by atoms with Crippen molar-refractivity contribution in [2.75, 3.05) is 41.3 Å². The summed E-state index contributed by atoms with van der Waals surface area (Å²) in [6.45, 7) is 6.86. The van der Waals surface area contributed by atoms with E-state index < -0.39 is 0 Å². The van der Waals surface area contributed by atoms with Gasteiger partial charge in [-0.15, -0.1) is 0 Å². The predicted molar refractivity (Wildman–Crippen MR) is 91.2 cm³/mol. The molecule has 0 amide bonds. The van der Waals surface area contributed by atoms with Crippen LogP contribution in [0.15, 0.2) is 4.99 Å². The van der Waals surface area contributed by atoms with Crippen molar-refractivity contribution >= 4 is 5.96 Å². The van der Waals surface area contributed by atoms with E-state index in [-0.39, 0.29) is 0 Å². The van der Waals surface area contributed by atoms with Crippen molar-refractivity contribution in [3.63, 3.8) is 0 Å². The summed E-state index contributed by atoms with van der Waals surface area (Å²) >= 11 is 0. The molecule has 3 heteroatoms. The van der Waals surface area contributed by atoms with Crippen molar-refractivity contribution in [2.45, 2.75) is 65.2 Å². The third-order valence-corrected chi connectivity index (χ3v) is 3.65. The van der Waals surface area contributed by atoms with Crippen LogP contribution in [-0.4, -0.2) is 56.6 Å². The van der Waals surface area contributed by atoms with Crippen LogP contribution >= 0.6 is 0 Å². The molecule has 120 valence electrons. The molecule has 0 radical (unpaired) electrons. The van der Waals surface area contributed by atoms with Crippen LogP contribution in [0.1, 0.15) is 65.2 Å². The molecule has 0 aliphatic heterocycles. The average Bonchev–Trinajstić information content (AvgIpc) is 2.38. The number of nitrogens with zero attached hydrogens (tertiary/aromatic N) is 3. The Labute approximate surface area is 127 Å². The Morgan fingerprint density at radius 1 is 0.800 bits per heavy atom. The minimum Gasteiger partial charge on any atom is -0.311 e. The Balaban J connectivity index is 4.44. The maximum absolute atomic E-state index is 4.57. The maximum Gasteiger partial charge on any atom is 0.299 e. The van der Waals surface area contributed by atoms with Gasteiger partial charge in [-0.25, -0.2) is 4.99 Å². The highest BCUT2D eigenvalue weighted by Crippen LogP contribution is 2.09. The van der Waals surface area contributed by atoms with Gasteiger partial charge in [-0.05, 0) is 12.8 Å². The topological polar surface area (TPSA) is 15.6 Å². The Hall–Kier alpha value is -0.570. The number of aliphatic imine (C=N–C) groups is 1. The maximum atomic E-state index is 4.57. The lowest BCUT2D eigenvalue weighted by molar-refractivity contribution is -0.783. The summed E-state index contributed by atoms with van der Waals surface area (Å²) in [4.78, 5) is 7.09. The summed E-state index contributed by atoms with van der Waals surface area (Å²) in [6.07, 6.45) is 10.6. The first-order valence-electron chi connectivity index (χ1n) is 8.51. The first kappa shape index (κ1) is 19.4. The van der Waals surface area contributed by atoms with Gasteiger partial charge in [0.2, 0.25) is 0 Å². The third-order valence-electron chi connectivity index (χ3n) is 3.65. The van der Waals surface area contributed by atoms with Gasteiger partial charge in [-0.1, -0.05) is 52.4 Å². The molecule has 0 aliphatic rings. The van der Waals surface area contributed by atoms with E-state index in [1.165, 1.54) is 57.3 Å². The smallest absolute Gasteiger partial charge is 0.299 e. The van der Waals surface area contributed by atoms with E-state index in [0.717, 1.165) is 17.6 Å². The van der Waals surface area contributed by atoms with E-state index in [1.54, 1.807) is 0 Å². The highest BCUT2D eigenvalue weighted by atomic mass is 15.5. The van der Waals surface area contributed by atoms with Crippen LogP contribution in [0.3, 0.4) is 0 Å². The number of rotatable bonds is 10. The van der Waals surface area contributed by atoms with Gasteiger partial charge < -0.3 is 4.90 Å². The molecule has 0 unspecified atom stereocenters. The summed E-state index contributed by atoms with van der Waals surface area (Å²) in [5, 5.41) is 0. The largest absolute Gasteiger partial charge is 0.311 e. The molecule has 0 saturated heterocycles. The van der Waals surface area contributed by atoms with Crippen LogP contribution < -0.4 is 0 Å². The molecular weight excluding hydrogens is 246 g/mol. The van der Waals surface area contributed by atoms with Crippen molar-refractivity contribution in [2.24, 2.45) is 4.99 Å². The zero-order valence-corrected chi connectivity index (χ0v) is 14.9. The molecule has 20 heavy (non-hydrogen) atoms. The molecule has 0 saturated carbocycles. The van der Waals surface area contributed by atoms with Crippen molar-refractivity contribution < 1.29 is 4.48 Å². The molecule has 0 aliphatic carbocycles. The van der Waals surface area contributed by atoms with E-state index in [2.05, 4.69) is 44.9 Å². The second kappa shape index (κ2) is 11.1. The number of hydrogen-bond acceptors (Lipinski definition) is 1. The van der Waals surface area contributed by atoms with Gasteiger partial charge in [-0.2, -0.15) is 0 Å². The number of quaternary nitrogens is 1. The molecule has 0 fully saturated rings. The number of guanidine groups is 1. The van der Waals surface area contributed by atoms with Gasteiger partial charge in [0.1, 0.15) is 0 Å². The Morgan fingerprint density at radius 2 is 1.25 bits per heavy atom. The highest BCUT2D eigenvalue weighted by Gasteiger charge is 2.24. The monoisotopic (exact) mass is 284 g/mol. The molecule has 0 N–H and O–H groups in total. The van der Waals surface area contributed by atoms with Gasteiger partial charge in [0.05, 0.1) is 21.1 Å². The second-order valence-corrected chi connectivity index (χ2v) is 6.64. The van der Waals surface area contributed by atoms with Crippen LogP contribution in [0.5, 0.6) is 0 Å². The first-order chi connectivity index (χ1) is 9.47. The SMILES string of the molecule is CCCCCCN(CCCCCC)C(=NC)[N+](C)(C)C. The standard InChI is InChI=1S/C17H38N3/c1-7-9-11-13-15-19(16-14-12-10-8-2)17(18-3)20(4,5)6/h7-16H2,1-6H3/q+1. The van der Waals surface area contributed by atoms with Crippen LogP contribution in [0, 0.1) is 0 Å². The number of hydrogen-bond donors (Lipinski definition) is 0. The van der Waals surface area contributed by atoms with Crippen molar-refractivity contribution in [1.82, 2.24) is 4.90 Å². The van der Waals surface area contributed by atoms with E-state index in [0.29, 0.717) is 0 Å². The highest BCUT2D eigenvalue weighted by molar-refractivity contribution is 5.72. The van der Waals surface area contributed by atoms with Crippen LogP contribution in [0.2, 0.25) is 0 Å². The Morgan fingerprint density at radius 3 is 1.55 bits per heavy atom. The zero-order chi connectivity index (χ0) is 15.4. The number of unbranched alkanes of at least 4 members (excludes halogenated alkanes) is 6. The van der Waals surface area contributed by atoms with Crippen molar-refractivity contribution in [1.29, 1.82) is 0 Å². The van der Waals surface area contributed by atoms with E-state index in [9.17, 15) is 0 Å². The fraction of sp³-hybridized carbons (Fsp3) is 0.941. The summed E-state index contributed by atoms with van der Waals surface area (Å²) in [7, 11) is 8.58. The molecule has 0 bridgehead atoms. The third kappa shape index (κ3) is 8.57. The van der Waals surface area contributed by atoms with Gasteiger partial charge >= 0.3 is 0 Å². The molecule has 0 aromatic carbocycles. The summed E-state index contributed by atoms with van der Waals surface area (Å²) in [5.41, 5.74) is 0. The molecule has 0 spiro atoms. The summed E-state index contributed by atoms with van der Waals surface area (Å²) in [6, 6.07) is 0. The fourth-order valence-electron chi connectivity index (χ4n) is 2.64. The second-order valence-electron chi connectivity index (χ2n) is 6.64. The van der Waals surface area contributed by atoms with Gasteiger partial charge in [0.15, 0.2) is 0 Å².